The van der Waals surface area contributed by atoms with E-state index in [9.17, 15) is 5.11 Å². The SMILES string of the molecule is COc1ccc(OC[C@H](O)CN2C[C@@H](C)O[C@H](C)C2)cc1. The third-order valence-electron chi connectivity index (χ3n) is 3.47. The number of ether oxygens (including phenoxy) is 3. The minimum atomic E-state index is -0.510. The molecule has 1 N–H and O–H groups in total. The molecule has 21 heavy (non-hydrogen) atoms. The summed E-state index contributed by atoms with van der Waals surface area (Å²) in [6.45, 7) is 6.71. The summed E-state index contributed by atoms with van der Waals surface area (Å²) in [5.41, 5.74) is 0. The monoisotopic (exact) mass is 295 g/mol. The minimum absolute atomic E-state index is 0.212. The summed E-state index contributed by atoms with van der Waals surface area (Å²) in [6.07, 6.45) is -0.0866. The summed E-state index contributed by atoms with van der Waals surface area (Å²) < 4.78 is 16.4. The molecule has 1 fully saturated rings. The molecule has 5 nitrogen and oxygen atoms in total. The highest BCUT2D eigenvalue weighted by atomic mass is 16.5. The first-order valence-corrected chi connectivity index (χ1v) is 7.39. The molecule has 0 unspecified atom stereocenters. The molecule has 0 radical (unpaired) electrons. The van der Waals surface area contributed by atoms with Crippen LogP contribution in [0.4, 0.5) is 0 Å². The van der Waals surface area contributed by atoms with E-state index in [4.69, 9.17) is 14.2 Å². The first-order valence-electron chi connectivity index (χ1n) is 7.39. The Hall–Kier alpha value is -1.30. The Bertz CT molecular complexity index is 413. The van der Waals surface area contributed by atoms with Gasteiger partial charge in [0.05, 0.1) is 19.3 Å². The van der Waals surface area contributed by atoms with Crippen molar-refractivity contribution in [2.45, 2.75) is 32.2 Å². The zero-order chi connectivity index (χ0) is 15.2. The summed E-state index contributed by atoms with van der Waals surface area (Å²) >= 11 is 0. The zero-order valence-electron chi connectivity index (χ0n) is 13.0. The standard InChI is InChI=1S/C16H25NO4/c1-12-8-17(9-13(2)21-12)10-14(18)11-20-16-6-4-15(19-3)5-7-16/h4-7,12-14,18H,8-11H2,1-3H3/t12-,13-,14-/m1/s1. The first-order chi connectivity index (χ1) is 10.1. The van der Waals surface area contributed by atoms with Crippen molar-refractivity contribution in [2.75, 3.05) is 33.4 Å². The number of β-amino-alcohol motifs (C(OH)–C–C–N with tert-alkyl or cyclic N) is 1. The minimum Gasteiger partial charge on any atom is -0.497 e. The second-order valence-electron chi connectivity index (χ2n) is 5.62. The molecule has 1 heterocycles. The van der Waals surface area contributed by atoms with E-state index in [0.29, 0.717) is 6.54 Å². The molecule has 0 saturated carbocycles. The smallest absolute Gasteiger partial charge is 0.119 e. The number of benzene rings is 1. The summed E-state index contributed by atoms with van der Waals surface area (Å²) in [6, 6.07) is 7.36. The maximum Gasteiger partial charge on any atom is 0.119 e. The average Bonchev–Trinajstić information content (AvgIpc) is 2.44. The second-order valence-corrected chi connectivity index (χ2v) is 5.62. The van der Waals surface area contributed by atoms with Crippen molar-refractivity contribution in [1.82, 2.24) is 4.90 Å². The van der Waals surface area contributed by atoms with Crippen LogP contribution in [0.25, 0.3) is 0 Å². The number of morpholine rings is 1. The van der Waals surface area contributed by atoms with E-state index in [1.165, 1.54) is 0 Å². The number of methoxy groups -OCH3 is 1. The van der Waals surface area contributed by atoms with E-state index in [1.807, 2.05) is 24.3 Å². The van der Waals surface area contributed by atoms with Crippen LogP contribution < -0.4 is 9.47 Å². The van der Waals surface area contributed by atoms with Gasteiger partial charge in [0.15, 0.2) is 0 Å². The summed E-state index contributed by atoms with van der Waals surface area (Å²) in [7, 11) is 1.63. The lowest BCUT2D eigenvalue weighted by molar-refractivity contribution is -0.0786. The van der Waals surface area contributed by atoms with Gasteiger partial charge in [0.1, 0.15) is 24.2 Å². The molecule has 1 aliphatic rings. The molecule has 1 aromatic rings. The van der Waals surface area contributed by atoms with Gasteiger partial charge in [-0.1, -0.05) is 0 Å². The van der Waals surface area contributed by atoms with Crippen molar-refractivity contribution in [3.05, 3.63) is 24.3 Å². The predicted molar refractivity (Wildman–Crippen MR) is 80.9 cm³/mol. The lowest BCUT2D eigenvalue weighted by Crippen LogP contribution is -2.48. The van der Waals surface area contributed by atoms with Crippen LogP contribution in [0.2, 0.25) is 0 Å². The van der Waals surface area contributed by atoms with Gasteiger partial charge in [0.2, 0.25) is 0 Å². The predicted octanol–water partition coefficient (Wildman–Crippen LogP) is 1.54. The Morgan fingerprint density at radius 1 is 1.19 bits per heavy atom. The molecule has 1 saturated heterocycles. The fourth-order valence-electron chi connectivity index (χ4n) is 2.65. The average molecular weight is 295 g/mol. The lowest BCUT2D eigenvalue weighted by atomic mass is 10.2. The van der Waals surface area contributed by atoms with Crippen LogP contribution in [0.5, 0.6) is 11.5 Å². The first kappa shape index (κ1) is 16.1. The van der Waals surface area contributed by atoms with Crippen molar-refractivity contribution in [1.29, 1.82) is 0 Å². The Morgan fingerprint density at radius 2 is 1.76 bits per heavy atom. The molecule has 3 atom stereocenters. The van der Waals surface area contributed by atoms with E-state index in [1.54, 1.807) is 7.11 Å². The van der Waals surface area contributed by atoms with Gasteiger partial charge in [-0.2, -0.15) is 0 Å². The van der Waals surface area contributed by atoms with E-state index in [-0.39, 0.29) is 18.8 Å². The Morgan fingerprint density at radius 3 is 2.33 bits per heavy atom. The molecular weight excluding hydrogens is 270 g/mol. The molecule has 0 bridgehead atoms. The fraction of sp³-hybridized carbons (Fsp3) is 0.625. The molecule has 0 aliphatic carbocycles. The fourth-order valence-corrected chi connectivity index (χ4v) is 2.65. The Balaban J connectivity index is 1.74. The number of hydrogen-bond acceptors (Lipinski definition) is 5. The van der Waals surface area contributed by atoms with Crippen LogP contribution in [0, 0.1) is 0 Å². The molecule has 1 aromatic carbocycles. The van der Waals surface area contributed by atoms with Crippen molar-refractivity contribution in [3.63, 3.8) is 0 Å². The number of rotatable bonds is 6. The molecule has 0 spiro atoms. The Kier molecular flexibility index (Phi) is 5.85. The van der Waals surface area contributed by atoms with Crippen molar-refractivity contribution < 1.29 is 19.3 Å². The van der Waals surface area contributed by atoms with Gasteiger partial charge in [-0.25, -0.2) is 0 Å². The molecule has 5 heteroatoms. The second kappa shape index (κ2) is 7.64. The molecule has 2 rings (SSSR count). The largest absolute Gasteiger partial charge is 0.497 e. The number of hydrogen-bond donors (Lipinski definition) is 1. The summed E-state index contributed by atoms with van der Waals surface area (Å²) in [4.78, 5) is 2.22. The molecule has 1 aliphatic heterocycles. The van der Waals surface area contributed by atoms with Gasteiger partial charge in [0.25, 0.3) is 0 Å². The molecule has 0 aromatic heterocycles. The normalized spacial score (nSPS) is 24.6. The Labute approximate surface area is 126 Å². The van der Waals surface area contributed by atoms with Gasteiger partial charge < -0.3 is 19.3 Å². The zero-order valence-corrected chi connectivity index (χ0v) is 13.0. The van der Waals surface area contributed by atoms with Crippen LogP contribution in [0.3, 0.4) is 0 Å². The summed E-state index contributed by atoms with van der Waals surface area (Å²) in [5, 5.41) is 10.1. The van der Waals surface area contributed by atoms with Crippen LogP contribution in [0.15, 0.2) is 24.3 Å². The topological polar surface area (TPSA) is 51.2 Å². The van der Waals surface area contributed by atoms with Gasteiger partial charge in [-0.3, -0.25) is 4.90 Å². The van der Waals surface area contributed by atoms with E-state index in [2.05, 4.69) is 18.7 Å². The quantitative estimate of drug-likeness (QED) is 0.863. The van der Waals surface area contributed by atoms with Gasteiger partial charge in [-0.15, -0.1) is 0 Å². The van der Waals surface area contributed by atoms with E-state index < -0.39 is 6.10 Å². The molecule has 0 amide bonds. The third kappa shape index (κ3) is 5.19. The van der Waals surface area contributed by atoms with E-state index in [0.717, 1.165) is 24.6 Å². The van der Waals surface area contributed by atoms with Gasteiger partial charge >= 0.3 is 0 Å². The number of nitrogens with zero attached hydrogens (tertiary/aromatic N) is 1. The highest BCUT2D eigenvalue weighted by Crippen LogP contribution is 2.17. The van der Waals surface area contributed by atoms with Gasteiger partial charge in [-0.05, 0) is 38.1 Å². The van der Waals surface area contributed by atoms with Crippen LogP contribution >= 0.6 is 0 Å². The summed E-state index contributed by atoms with van der Waals surface area (Å²) in [5.74, 6) is 1.53. The molecule has 118 valence electrons. The van der Waals surface area contributed by atoms with Crippen molar-refractivity contribution in [2.24, 2.45) is 0 Å². The maximum atomic E-state index is 10.1. The number of aliphatic hydroxyl groups is 1. The van der Waals surface area contributed by atoms with Crippen LogP contribution in [-0.2, 0) is 4.74 Å². The van der Waals surface area contributed by atoms with Crippen molar-refractivity contribution >= 4 is 0 Å². The molecular formula is C16H25NO4. The van der Waals surface area contributed by atoms with Crippen LogP contribution in [0.1, 0.15) is 13.8 Å². The highest BCUT2D eigenvalue weighted by Gasteiger charge is 2.23. The van der Waals surface area contributed by atoms with E-state index >= 15 is 0 Å². The van der Waals surface area contributed by atoms with Gasteiger partial charge in [0, 0.05) is 19.6 Å². The third-order valence-corrected chi connectivity index (χ3v) is 3.47. The van der Waals surface area contributed by atoms with Crippen molar-refractivity contribution in [3.8, 4) is 11.5 Å². The van der Waals surface area contributed by atoms with Crippen LogP contribution in [-0.4, -0.2) is 61.7 Å². The lowest BCUT2D eigenvalue weighted by Gasteiger charge is -2.36. The highest BCUT2D eigenvalue weighted by molar-refractivity contribution is 5.31. The number of aliphatic hydroxyl groups excluding tert-OH is 1. The maximum absolute atomic E-state index is 10.1.